The molecule has 1 aliphatic rings. The number of rotatable bonds is 5. The number of carbonyl (C=O) groups is 1. The second-order valence-electron chi connectivity index (χ2n) is 8.85. The smallest absolute Gasteiger partial charge is 0.290 e. The van der Waals surface area contributed by atoms with Crippen LogP contribution >= 0.6 is 0 Å². The number of aromatic nitrogens is 1. The Morgan fingerprint density at radius 2 is 1.79 bits per heavy atom. The molecule has 1 aromatic heterocycles. The molecule has 5 heteroatoms. The molecule has 5 nitrogen and oxygen atoms in total. The van der Waals surface area contributed by atoms with Crippen LogP contribution < -0.4 is 15.6 Å². The van der Waals surface area contributed by atoms with E-state index in [4.69, 9.17) is 4.74 Å². The van der Waals surface area contributed by atoms with Gasteiger partial charge in [-0.2, -0.15) is 0 Å². The van der Waals surface area contributed by atoms with E-state index in [1.807, 2.05) is 26.0 Å². The van der Waals surface area contributed by atoms with Crippen molar-refractivity contribution < 1.29 is 9.53 Å². The highest BCUT2D eigenvalue weighted by Crippen LogP contribution is 2.28. The number of nitrogens with one attached hydrogen (secondary N) is 2. The number of aromatic amines is 1. The number of H-pyrrole nitrogens is 1. The van der Waals surface area contributed by atoms with Gasteiger partial charge in [-0.05, 0) is 48.9 Å². The van der Waals surface area contributed by atoms with E-state index in [-0.39, 0.29) is 29.0 Å². The predicted molar refractivity (Wildman–Crippen MR) is 116 cm³/mol. The summed E-state index contributed by atoms with van der Waals surface area (Å²) in [6.07, 6.45) is 3.23. The summed E-state index contributed by atoms with van der Waals surface area (Å²) in [6, 6.07) is 11.9. The number of hydrogen-bond donors (Lipinski definition) is 2. The lowest BCUT2D eigenvalue weighted by Gasteiger charge is -2.20. The first-order valence-corrected chi connectivity index (χ1v) is 10.2. The SMILES string of the molecule is CC(C)Oc1ccc(C(=C[C@H]2CCC(=O)N2)c2ccc(C(C)(C)C)cc2)[nH]c1=O. The number of carbonyl (C=O) groups excluding carboxylic acids is 1. The topological polar surface area (TPSA) is 71.2 Å². The van der Waals surface area contributed by atoms with Crippen molar-refractivity contribution in [2.75, 3.05) is 0 Å². The third-order valence-electron chi connectivity index (χ3n) is 4.98. The fourth-order valence-electron chi connectivity index (χ4n) is 3.42. The maximum absolute atomic E-state index is 12.5. The van der Waals surface area contributed by atoms with Gasteiger partial charge in [0, 0.05) is 23.7 Å². The van der Waals surface area contributed by atoms with Crippen LogP contribution in [0.2, 0.25) is 0 Å². The minimum absolute atomic E-state index is 0.0464. The molecule has 2 aromatic rings. The average molecular weight is 395 g/mol. The highest BCUT2D eigenvalue weighted by Gasteiger charge is 2.21. The molecule has 1 saturated heterocycles. The Balaban J connectivity index is 2.02. The summed E-state index contributed by atoms with van der Waals surface area (Å²) in [5.74, 6) is 0.364. The molecule has 0 unspecified atom stereocenters. The van der Waals surface area contributed by atoms with Gasteiger partial charge in [0.2, 0.25) is 5.91 Å². The third kappa shape index (κ3) is 5.17. The minimum Gasteiger partial charge on any atom is -0.485 e. The number of amides is 1. The van der Waals surface area contributed by atoms with E-state index >= 15 is 0 Å². The highest BCUT2D eigenvalue weighted by molar-refractivity contribution is 5.82. The van der Waals surface area contributed by atoms with Gasteiger partial charge in [-0.15, -0.1) is 0 Å². The van der Waals surface area contributed by atoms with Gasteiger partial charge >= 0.3 is 0 Å². The van der Waals surface area contributed by atoms with Crippen LogP contribution in [0.3, 0.4) is 0 Å². The maximum Gasteiger partial charge on any atom is 0.290 e. The van der Waals surface area contributed by atoms with Crippen LogP contribution in [0.15, 0.2) is 47.3 Å². The average Bonchev–Trinajstić information content (AvgIpc) is 3.05. The van der Waals surface area contributed by atoms with Crippen LogP contribution in [0.4, 0.5) is 0 Å². The van der Waals surface area contributed by atoms with Crippen LogP contribution in [0, 0.1) is 0 Å². The van der Waals surface area contributed by atoms with E-state index in [1.54, 1.807) is 6.07 Å². The number of pyridine rings is 1. The minimum atomic E-state index is -0.260. The fourth-order valence-corrected chi connectivity index (χ4v) is 3.42. The van der Waals surface area contributed by atoms with Crippen LogP contribution in [0.1, 0.15) is 64.3 Å². The van der Waals surface area contributed by atoms with Gasteiger partial charge in [-0.25, -0.2) is 0 Å². The molecule has 0 radical (unpaired) electrons. The van der Waals surface area contributed by atoms with Crippen molar-refractivity contribution in [3.05, 3.63) is 69.6 Å². The van der Waals surface area contributed by atoms with Gasteiger partial charge in [0.1, 0.15) is 0 Å². The summed E-state index contributed by atoms with van der Waals surface area (Å²) in [7, 11) is 0. The van der Waals surface area contributed by atoms with Gasteiger partial charge < -0.3 is 15.0 Å². The van der Waals surface area contributed by atoms with E-state index < -0.39 is 0 Å². The molecule has 0 bridgehead atoms. The quantitative estimate of drug-likeness (QED) is 0.800. The summed E-state index contributed by atoms with van der Waals surface area (Å²) in [6.45, 7) is 10.3. The zero-order valence-electron chi connectivity index (χ0n) is 17.8. The molecule has 2 heterocycles. The lowest BCUT2D eigenvalue weighted by molar-refractivity contribution is -0.119. The largest absolute Gasteiger partial charge is 0.485 e. The first-order chi connectivity index (χ1) is 13.6. The summed E-state index contributed by atoms with van der Waals surface area (Å²) in [5, 5.41) is 2.98. The van der Waals surface area contributed by atoms with Crippen molar-refractivity contribution in [3.8, 4) is 5.75 Å². The van der Waals surface area contributed by atoms with Gasteiger partial charge in [0.15, 0.2) is 5.75 Å². The first-order valence-electron chi connectivity index (χ1n) is 10.2. The zero-order valence-corrected chi connectivity index (χ0v) is 17.8. The standard InChI is InChI=1S/C24H30N2O3/c1-15(2)29-21-12-11-20(26-23(21)28)19(14-18-10-13-22(27)25-18)16-6-8-17(9-7-16)24(3,4)5/h6-9,11-12,14-15,18H,10,13H2,1-5H3,(H,25,27)(H,26,28)/t18-/m1/s1. The predicted octanol–water partition coefficient (Wildman–Crippen LogP) is 4.17. The fraction of sp³-hybridized carbons (Fsp3) is 0.417. The second-order valence-corrected chi connectivity index (χ2v) is 8.85. The summed E-state index contributed by atoms with van der Waals surface area (Å²) in [5.41, 5.74) is 3.63. The van der Waals surface area contributed by atoms with Gasteiger partial charge in [0.25, 0.3) is 5.56 Å². The molecule has 3 rings (SSSR count). The van der Waals surface area contributed by atoms with Crippen molar-refractivity contribution in [2.45, 2.75) is 65.0 Å². The molecule has 1 atom stereocenters. The van der Waals surface area contributed by atoms with Crippen molar-refractivity contribution in [3.63, 3.8) is 0 Å². The molecule has 0 spiro atoms. The Hall–Kier alpha value is -2.82. The molecule has 1 aliphatic heterocycles. The Morgan fingerprint density at radius 1 is 1.10 bits per heavy atom. The zero-order chi connectivity index (χ0) is 21.2. The molecule has 0 aliphatic carbocycles. The molecular formula is C24H30N2O3. The van der Waals surface area contributed by atoms with Crippen molar-refractivity contribution in [1.29, 1.82) is 0 Å². The molecule has 29 heavy (non-hydrogen) atoms. The summed E-state index contributed by atoms with van der Waals surface area (Å²) in [4.78, 5) is 27.1. The molecule has 2 N–H and O–H groups in total. The third-order valence-corrected chi connectivity index (χ3v) is 4.98. The number of benzene rings is 1. The van der Waals surface area contributed by atoms with Crippen molar-refractivity contribution >= 4 is 11.5 Å². The molecule has 1 fully saturated rings. The lowest BCUT2D eigenvalue weighted by Crippen LogP contribution is -2.24. The highest BCUT2D eigenvalue weighted by atomic mass is 16.5. The van der Waals surface area contributed by atoms with Gasteiger partial charge in [0.05, 0.1) is 6.10 Å². The first kappa shape index (κ1) is 20.9. The molecule has 154 valence electrons. The lowest BCUT2D eigenvalue weighted by atomic mass is 9.86. The normalized spacial score (nSPS) is 17.5. The Labute approximate surface area is 172 Å². The van der Waals surface area contributed by atoms with E-state index in [0.29, 0.717) is 17.9 Å². The van der Waals surface area contributed by atoms with Crippen LogP contribution in [-0.4, -0.2) is 23.0 Å². The number of ether oxygens (including phenoxy) is 1. The van der Waals surface area contributed by atoms with Gasteiger partial charge in [-0.3, -0.25) is 9.59 Å². The van der Waals surface area contributed by atoms with E-state index in [0.717, 1.165) is 17.6 Å². The number of hydrogen-bond acceptors (Lipinski definition) is 3. The van der Waals surface area contributed by atoms with Gasteiger partial charge in [-0.1, -0.05) is 51.1 Å². The Morgan fingerprint density at radius 3 is 2.31 bits per heavy atom. The molecule has 0 saturated carbocycles. The van der Waals surface area contributed by atoms with Crippen LogP contribution in [-0.2, 0) is 10.2 Å². The monoisotopic (exact) mass is 394 g/mol. The Bertz CT molecular complexity index is 963. The molecule has 1 amide bonds. The van der Waals surface area contributed by atoms with E-state index in [9.17, 15) is 9.59 Å². The van der Waals surface area contributed by atoms with Crippen molar-refractivity contribution in [2.24, 2.45) is 0 Å². The van der Waals surface area contributed by atoms with E-state index in [1.165, 1.54) is 5.56 Å². The summed E-state index contributed by atoms with van der Waals surface area (Å²) < 4.78 is 5.57. The van der Waals surface area contributed by atoms with Crippen LogP contribution in [0.25, 0.3) is 5.57 Å². The van der Waals surface area contributed by atoms with Crippen molar-refractivity contribution in [1.82, 2.24) is 10.3 Å². The van der Waals surface area contributed by atoms with Crippen LogP contribution in [0.5, 0.6) is 5.75 Å². The maximum atomic E-state index is 12.5. The molecular weight excluding hydrogens is 364 g/mol. The van der Waals surface area contributed by atoms with E-state index in [2.05, 4.69) is 55.3 Å². The second kappa shape index (κ2) is 8.27. The molecule has 1 aromatic carbocycles. The Kier molecular flexibility index (Phi) is 5.96. The summed E-state index contributed by atoms with van der Waals surface area (Å²) >= 11 is 0.